The Labute approximate surface area is 141 Å². The van der Waals surface area contributed by atoms with Crippen LogP contribution in [0.25, 0.3) is 0 Å². The summed E-state index contributed by atoms with van der Waals surface area (Å²) in [6.07, 6.45) is 1.59. The number of aliphatic imine (C=N–C) groups is 1. The third-order valence-electron chi connectivity index (χ3n) is 3.19. The summed E-state index contributed by atoms with van der Waals surface area (Å²) < 4.78 is 12.1. The second-order valence-electron chi connectivity index (χ2n) is 4.63. The first-order valence-corrected chi connectivity index (χ1v) is 7.84. The number of aromatic nitrogens is 1. The van der Waals surface area contributed by atoms with Crippen molar-refractivity contribution in [2.24, 2.45) is 10.7 Å². The monoisotopic (exact) mass is 381 g/mol. The molecule has 1 aromatic carbocycles. The molecule has 1 unspecified atom stereocenters. The van der Waals surface area contributed by atoms with Crippen molar-refractivity contribution in [3.63, 3.8) is 0 Å². The molecule has 2 heterocycles. The van der Waals surface area contributed by atoms with Gasteiger partial charge < -0.3 is 15.2 Å². The first-order chi connectivity index (χ1) is 10.6. The number of fused-ring (bicyclic) bond motifs is 2. The van der Waals surface area contributed by atoms with Gasteiger partial charge in [-0.05, 0) is 31.2 Å². The molecule has 2 N–H and O–H groups in total. The van der Waals surface area contributed by atoms with Crippen molar-refractivity contribution in [1.29, 1.82) is 0 Å². The van der Waals surface area contributed by atoms with Crippen LogP contribution in [-0.4, -0.2) is 17.6 Å². The minimum atomic E-state index is -0.358. The highest BCUT2D eigenvalue weighted by molar-refractivity contribution is 9.10. The molecule has 0 bridgehead atoms. The molecule has 114 valence electrons. The summed E-state index contributed by atoms with van der Waals surface area (Å²) in [4.78, 5) is 8.53. The maximum absolute atomic E-state index is 6.01. The number of hydrogen-bond acceptors (Lipinski definition) is 4. The lowest BCUT2D eigenvalue weighted by Gasteiger charge is -2.26. The maximum atomic E-state index is 6.01. The molecule has 1 aliphatic rings. The van der Waals surface area contributed by atoms with Gasteiger partial charge in [-0.3, -0.25) is 0 Å². The summed E-state index contributed by atoms with van der Waals surface area (Å²) in [5.41, 5.74) is 7.51. The van der Waals surface area contributed by atoms with E-state index in [4.69, 9.17) is 26.8 Å². The summed E-state index contributed by atoms with van der Waals surface area (Å²) in [6.45, 7) is 2.31. The van der Waals surface area contributed by atoms with E-state index in [9.17, 15) is 0 Å². The van der Waals surface area contributed by atoms with Crippen LogP contribution in [0.1, 0.15) is 24.1 Å². The van der Waals surface area contributed by atoms with Gasteiger partial charge in [-0.1, -0.05) is 27.5 Å². The molecule has 3 rings (SSSR count). The molecule has 0 amide bonds. The highest BCUT2D eigenvalue weighted by Crippen LogP contribution is 2.45. The molecule has 7 heteroatoms. The van der Waals surface area contributed by atoms with E-state index in [1.165, 1.54) is 0 Å². The van der Waals surface area contributed by atoms with Crippen LogP contribution < -0.4 is 10.5 Å². The molecular formula is C15H13BrClN3O2. The number of pyridine rings is 1. The van der Waals surface area contributed by atoms with Crippen LogP contribution in [0.2, 0.25) is 5.15 Å². The second kappa shape index (κ2) is 6.14. The molecule has 0 saturated carbocycles. The Morgan fingerprint density at radius 2 is 2.18 bits per heavy atom. The van der Waals surface area contributed by atoms with E-state index in [-0.39, 0.29) is 12.1 Å². The minimum Gasteiger partial charge on any atom is -0.466 e. The molecule has 1 atom stereocenters. The smallest absolute Gasteiger partial charge is 0.282 e. The van der Waals surface area contributed by atoms with E-state index in [0.717, 1.165) is 15.6 Å². The molecule has 1 aliphatic heterocycles. The van der Waals surface area contributed by atoms with Crippen molar-refractivity contribution in [1.82, 2.24) is 4.98 Å². The van der Waals surface area contributed by atoms with E-state index >= 15 is 0 Å². The third kappa shape index (κ3) is 2.89. The number of ether oxygens (including phenoxy) is 2. The predicted molar refractivity (Wildman–Crippen MR) is 88.6 cm³/mol. The van der Waals surface area contributed by atoms with E-state index in [1.807, 2.05) is 25.1 Å². The van der Waals surface area contributed by atoms with Crippen LogP contribution in [0, 0.1) is 0 Å². The Morgan fingerprint density at radius 1 is 1.41 bits per heavy atom. The Bertz CT molecular complexity index is 700. The van der Waals surface area contributed by atoms with Crippen molar-refractivity contribution < 1.29 is 9.47 Å². The Kier molecular flexibility index (Phi) is 4.22. The van der Waals surface area contributed by atoms with Crippen molar-refractivity contribution in [3.05, 3.63) is 51.2 Å². The van der Waals surface area contributed by atoms with Crippen LogP contribution in [-0.2, 0) is 4.74 Å². The molecule has 0 aliphatic carbocycles. The second-order valence-corrected chi connectivity index (χ2v) is 5.93. The third-order valence-corrected chi connectivity index (χ3v) is 3.89. The van der Waals surface area contributed by atoms with E-state index in [2.05, 4.69) is 25.9 Å². The summed E-state index contributed by atoms with van der Waals surface area (Å²) >= 11 is 9.48. The predicted octanol–water partition coefficient (Wildman–Crippen LogP) is 4.04. The molecule has 0 radical (unpaired) electrons. The van der Waals surface area contributed by atoms with Crippen LogP contribution in [0.5, 0.6) is 11.5 Å². The van der Waals surface area contributed by atoms with E-state index in [0.29, 0.717) is 23.3 Å². The normalized spacial score (nSPS) is 16.5. The fraction of sp³-hybridized carbons (Fsp3) is 0.200. The van der Waals surface area contributed by atoms with Gasteiger partial charge in [0.25, 0.3) is 6.02 Å². The van der Waals surface area contributed by atoms with Crippen LogP contribution in [0.15, 0.2) is 39.9 Å². The Balaban J connectivity index is 2.15. The molecule has 5 nitrogen and oxygen atoms in total. The lowest BCUT2D eigenvalue weighted by atomic mass is 9.96. The van der Waals surface area contributed by atoms with Gasteiger partial charge in [-0.2, -0.15) is 0 Å². The number of amidine groups is 1. The number of nitrogens with zero attached hydrogens (tertiary/aromatic N) is 2. The lowest BCUT2D eigenvalue weighted by Crippen LogP contribution is -2.19. The maximum Gasteiger partial charge on any atom is 0.282 e. The Hall–Kier alpha value is -1.79. The highest BCUT2D eigenvalue weighted by Gasteiger charge is 2.28. The van der Waals surface area contributed by atoms with Crippen LogP contribution >= 0.6 is 27.5 Å². The Morgan fingerprint density at radius 3 is 2.95 bits per heavy atom. The van der Waals surface area contributed by atoms with E-state index in [1.54, 1.807) is 12.3 Å². The van der Waals surface area contributed by atoms with Gasteiger partial charge in [-0.25, -0.2) is 9.98 Å². The van der Waals surface area contributed by atoms with Gasteiger partial charge in [0.2, 0.25) is 0 Å². The zero-order valence-electron chi connectivity index (χ0n) is 11.7. The first-order valence-electron chi connectivity index (χ1n) is 6.67. The van der Waals surface area contributed by atoms with Gasteiger partial charge in [0.1, 0.15) is 16.9 Å². The number of hydrogen-bond donors (Lipinski definition) is 1. The molecule has 0 saturated heterocycles. The molecule has 0 spiro atoms. The minimum absolute atomic E-state index is 0.124. The summed E-state index contributed by atoms with van der Waals surface area (Å²) in [7, 11) is 0. The van der Waals surface area contributed by atoms with Gasteiger partial charge in [0, 0.05) is 15.6 Å². The topological polar surface area (TPSA) is 69.7 Å². The van der Waals surface area contributed by atoms with Crippen molar-refractivity contribution >= 4 is 33.6 Å². The zero-order valence-corrected chi connectivity index (χ0v) is 14.1. The van der Waals surface area contributed by atoms with Gasteiger partial charge in [0.05, 0.1) is 12.8 Å². The zero-order chi connectivity index (χ0) is 15.7. The fourth-order valence-corrected chi connectivity index (χ4v) is 2.84. The number of halogens is 2. The average molecular weight is 383 g/mol. The summed E-state index contributed by atoms with van der Waals surface area (Å²) in [5.74, 6) is 1.31. The van der Waals surface area contributed by atoms with Crippen molar-refractivity contribution in [2.75, 3.05) is 6.61 Å². The van der Waals surface area contributed by atoms with Gasteiger partial charge >= 0.3 is 0 Å². The largest absolute Gasteiger partial charge is 0.466 e. The van der Waals surface area contributed by atoms with Crippen molar-refractivity contribution in [2.45, 2.75) is 13.0 Å². The van der Waals surface area contributed by atoms with Crippen molar-refractivity contribution in [3.8, 4) is 11.5 Å². The fourth-order valence-electron chi connectivity index (χ4n) is 2.29. The number of benzene rings is 1. The highest BCUT2D eigenvalue weighted by atomic mass is 79.9. The lowest BCUT2D eigenvalue weighted by molar-refractivity contribution is 0.318. The van der Waals surface area contributed by atoms with E-state index < -0.39 is 0 Å². The molecule has 22 heavy (non-hydrogen) atoms. The molecule has 2 aromatic rings. The quantitative estimate of drug-likeness (QED) is 0.483. The SMILES string of the molecule is CCOC(N)=NC1c2cc(Br)ccc2Oc2cnc(Cl)cc21. The standard InChI is InChI=1S/C15H13BrClN3O2/c1-2-21-15(18)20-14-9-5-8(16)3-4-11(9)22-12-7-19-13(17)6-10(12)14/h3-7,14H,2H2,1H3,(H2,18,20). The molecule has 1 aromatic heterocycles. The summed E-state index contributed by atoms with van der Waals surface area (Å²) in [5, 5.41) is 0.371. The molecule has 0 fully saturated rings. The molecular weight excluding hydrogens is 370 g/mol. The van der Waals surface area contributed by atoms with Gasteiger partial charge in [0.15, 0.2) is 5.75 Å². The number of nitrogens with two attached hydrogens (primary N) is 1. The van der Waals surface area contributed by atoms with Crippen LogP contribution in [0.4, 0.5) is 0 Å². The van der Waals surface area contributed by atoms with Gasteiger partial charge in [-0.15, -0.1) is 0 Å². The van der Waals surface area contributed by atoms with Crippen LogP contribution in [0.3, 0.4) is 0 Å². The summed E-state index contributed by atoms with van der Waals surface area (Å²) in [6, 6.07) is 7.21. The first kappa shape index (κ1) is 15.1. The average Bonchev–Trinajstić information content (AvgIpc) is 2.48. The number of rotatable bonds is 2.